The van der Waals surface area contributed by atoms with Crippen LogP contribution in [-0.4, -0.2) is 52.1 Å². The second kappa shape index (κ2) is 10.7. The number of carbonyl (C=O) groups excluding carboxylic acids is 3. The number of phenols is 1. The van der Waals surface area contributed by atoms with Crippen molar-refractivity contribution in [2.45, 2.75) is 65.3 Å². The molecule has 8 nitrogen and oxygen atoms in total. The lowest BCUT2D eigenvalue weighted by molar-refractivity contribution is -0.141. The molecule has 0 heterocycles. The normalized spacial score (nSPS) is 13.2. The maximum Gasteiger partial charge on any atom is 0.408 e. The zero-order valence-electron chi connectivity index (χ0n) is 18.6. The number of para-hydroxylation sites is 1. The van der Waals surface area contributed by atoms with E-state index in [9.17, 15) is 19.5 Å². The second-order valence-corrected chi connectivity index (χ2v) is 8.27. The largest absolute Gasteiger partial charge is 0.508 e. The topological polar surface area (TPSA) is 108 Å². The average Bonchev–Trinajstić information content (AvgIpc) is 2.59. The molecule has 0 saturated carbocycles. The van der Waals surface area contributed by atoms with Crippen LogP contribution in [0.1, 0.15) is 53.1 Å². The molecule has 0 radical (unpaired) electrons. The summed E-state index contributed by atoms with van der Waals surface area (Å²) >= 11 is 0. The molecule has 3 N–H and O–H groups in total. The molecule has 2 unspecified atom stereocenters. The van der Waals surface area contributed by atoms with Gasteiger partial charge in [-0.05, 0) is 47.6 Å². The Bertz CT molecular complexity index is 770. The molecule has 0 saturated heterocycles. The molecule has 0 spiro atoms. The van der Waals surface area contributed by atoms with E-state index in [4.69, 9.17) is 4.74 Å². The van der Waals surface area contributed by atoms with E-state index in [1.54, 1.807) is 52.8 Å². The molecular formula is C22H33N3O5. The van der Waals surface area contributed by atoms with Gasteiger partial charge in [0.25, 0.3) is 0 Å². The van der Waals surface area contributed by atoms with Crippen LogP contribution in [0.2, 0.25) is 0 Å². The van der Waals surface area contributed by atoms with Crippen molar-refractivity contribution in [3.05, 3.63) is 42.5 Å². The van der Waals surface area contributed by atoms with Gasteiger partial charge < -0.3 is 25.4 Å². The highest BCUT2D eigenvalue weighted by Crippen LogP contribution is 2.29. The van der Waals surface area contributed by atoms with Crippen molar-refractivity contribution in [3.63, 3.8) is 0 Å². The smallest absolute Gasteiger partial charge is 0.408 e. The Balaban J connectivity index is 3.25. The number of benzene rings is 1. The summed E-state index contributed by atoms with van der Waals surface area (Å²) in [5.41, 5.74) is -0.446. The van der Waals surface area contributed by atoms with Gasteiger partial charge in [-0.3, -0.25) is 9.59 Å². The van der Waals surface area contributed by atoms with Crippen LogP contribution in [0.5, 0.6) is 5.75 Å². The molecule has 8 heteroatoms. The highest BCUT2D eigenvalue weighted by atomic mass is 16.6. The third kappa shape index (κ3) is 7.42. The number of amides is 3. The van der Waals surface area contributed by atoms with Crippen LogP contribution in [0.15, 0.2) is 36.9 Å². The van der Waals surface area contributed by atoms with E-state index in [-0.39, 0.29) is 23.9 Å². The molecule has 1 aromatic rings. The molecule has 0 aliphatic carbocycles. The highest BCUT2D eigenvalue weighted by molar-refractivity contribution is 5.92. The van der Waals surface area contributed by atoms with Gasteiger partial charge in [-0.2, -0.15) is 0 Å². The number of hydrogen-bond donors (Lipinski definition) is 3. The first-order chi connectivity index (χ1) is 13.9. The molecule has 166 valence electrons. The summed E-state index contributed by atoms with van der Waals surface area (Å²) in [5, 5.41) is 15.6. The summed E-state index contributed by atoms with van der Waals surface area (Å²) in [6.07, 6.45) is 0.737. The van der Waals surface area contributed by atoms with Gasteiger partial charge in [-0.15, -0.1) is 6.58 Å². The number of nitrogens with zero attached hydrogens (tertiary/aromatic N) is 1. The third-order valence-electron chi connectivity index (χ3n) is 3.93. The first-order valence-corrected chi connectivity index (χ1v) is 9.86. The van der Waals surface area contributed by atoms with Gasteiger partial charge in [-0.25, -0.2) is 4.79 Å². The molecular weight excluding hydrogens is 386 g/mol. The van der Waals surface area contributed by atoms with E-state index in [1.165, 1.54) is 24.0 Å². The number of rotatable bonds is 8. The Labute approximate surface area is 178 Å². The van der Waals surface area contributed by atoms with Crippen LogP contribution < -0.4 is 10.6 Å². The standard InChI is InChI=1S/C22H33N3O5/c1-8-13-25(20(28)15(4)24-21(29)30-22(5,6)7)18(19(27)23-14(2)3)16-11-9-10-12-17(16)26/h8-12,14-15,18,26H,1,13H2,2-7H3,(H,23,27)(H,24,29). The molecule has 1 aromatic carbocycles. The van der Waals surface area contributed by atoms with Gasteiger partial charge in [0.05, 0.1) is 0 Å². The van der Waals surface area contributed by atoms with E-state index >= 15 is 0 Å². The molecule has 30 heavy (non-hydrogen) atoms. The Morgan fingerprint density at radius 3 is 2.27 bits per heavy atom. The monoisotopic (exact) mass is 419 g/mol. The fraction of sp³-hybridized carbons (Fsp3) is 0.500. The summed E-state index contributed by atoms with van der Waals surface area (Å²) < 4.78 is 5.20. The van der Waals surface area contributed by atoms with Crippen molar-refractivity contribution in [1.29, 1.82) is 0 Å². The van der Waals surface area contributed by atoms with Gasteiger partial charge in [0.2, 0.25) is 11.8 Å². The van der Waals surface area contributed by atoms with E-state index in [1.807, 2.05) is 0 Å². The van der Waals surface area contributed by atoms with Crippen LogP contribution in [0, 0.1) is 0 Å². The fourth-order valence-electron chi connectivity index (χ4n) is 2.79. The zero-order chi connectivity index (χ0) is 23.1. The molecule has 3 amide bonds. The minimum Gasteiger partial charge on any atom is -0.508 e. The maximum atomic E-state index is 13.2. The summed E-state index contributed by atoms with van der Waals surface area (Å²) in [6.45, 7) is 13.9. The predicted molar refractivity (Wildman–Crippen MR) is 115 cm³/mol. The zero-order valence-corrected chi connectivity index (χ0v) is 18.6. The molecule has 0 fully saturated rings. The summed E-state index contributed by atoms with van der Waals surface area (Å²) in [6, 6.07) is 4.07. The van der Waals surface area contributed by atoms with Crippen molar-refractivity contribution < 1.29 is 24.2 Å². The molecule has 1 rings (SSSR count). The lowest BCUT2D eigenvalue weighted by atomic mass is 10.0. The average molecular weight is 420 g/mol. The first kappa shape index (κ1) is 25.0. The summed E-state index contributed by atoms with van der Waals surface area (Å²) in [7, 11) is 0. The van der Waals surface area contributed by atoms with E-state index in [2.05, 4.69) is 17.2 Å². The maximum absolute atomic E-state index is 13.2. The van der Waals surface area contributed by atoms with Gasteiger partial charge in [0.1, 0.15) is 23.4 Å². The van der Waals surface area contributed by atoms with Gasteiger partial charge >= 0.3 is 6.09 Å². The van der Waals surface area contributed by atoms with Crippen molar-refractivity contribution in [2.24, 2.45) is 0 Å². The van der Waals surface area contributed by atoms with Crippen LogP contribution >= 0.6 is 0 Å². The quantitative estimate of drug-likeness (QED) is 0.562. The van der Waals surface area contributed by atoms with Crippen LogP contribution in [-0.2, 0) is 14.3 Å². The van der Waals surface area contributed by atoms with Crippen molar-refractivity contribution in [2.75, 3.05) is 6.54 Å². The minimum absolute atomic E-state index is 0.0314. The Hall–Kier alpha value is -3.03. The lowest BCUT2D eigenvalue weighted by Gasteiger charge is -2.33. The van der Waals surface area contributed by atoms with Gasteiger partial charge in [-0.1, -0.05) is 24.3 Å². The summed E-state index contributed by atoms with van der Waals surface area (Å²) in [5.74, 6) is -1.09. The molecule has 0 aromatic heterocycles. The number of phenolic OH excluding ortho intramolecular Hbond substituents is 1. The molecule has 0 bridgehead atoms. The van der Waals surface area contributed by atoms with Crippen LogP contribution in [0.3, 0.4) is 0 Å². The SMILES string of the molecule is C=CCN(C(=O)C(C)NC(=O)OC(C)(C)C)C(C(=O)NC(C)C)c1ccccc1O. The second-order valence-electron chi connectivity index (χ2n) is 8.27. The predicted octanol–water partition coefficient (Wildman–Crippen LogP) is 2.89. The van der Waals surface area contributed by atoms with E-state index in [0.717, 1.165) is 0 Å². The molecule has 0 aliphatic rings. The number of aromatic hydroxyl groups is 1. The first-order valence-electron chi connectivity index (χ1n) is 9.86. The van der Waals surface area contributed by atoms with Crippen molar-refractivity contribution >= 4 is 17.9 Å². The third-order valence-corrected chi connectivity index (χ3v) is 3.93. The fourth-order valence-corrected chi connectivity index (χ4v) is 2.79. The highest BCUT2D eigenvalue weighted by Gasteiger charge is 2.35. The molecule has 0 aliphatic heterocycles. The van der Waals surface area contributed by atoms with Gasteiger partial charge in [0.15, 0.2) is 0 Å². The number of ether oxygens (including phenoxy) is 1. The van der Waals surface area contributed by atoms with Crippen LogP contribution in [0.4, 0.5) is 4.79 Å². The van der Waals surface area contributed by atoms with E-state index in [0.29, 0.717) is 0 Å². The lowest BCUT2D eigenvalue weighted by Crippen LogP contribution is -2.52. The number of alkyl carbamates (subject to hydrolysis) is 1. The van der Waals surface area contributed by atoms with Crippen molar-refractivity contribution in [1.82, 2.24) is 15.5 Å². The molecule has 2 atom stereocenters. The van der Waals surface area contributed by atoms with Crippen LogP contribution in [0.25, 0.3) is 0 Å². The number of hydrogen-bond acceptors (Lipinski definition) is 5. The number of carbonyl (C=O) groups is 3. The van der Waals surface area contributed by atoms with Gasteiger partial charge in [0, 0.05) is 18.2 Å². The Morgan fingerprint density at radius 1 is 1.17 bits per heavy atom. The van der Waals surface area contributed by atoms with E-state index < -0.39 is 35.6 Å². The Kier molecular flexibility index (Phi) is 8.89. The number of nitrogens with one attached hydrogen (secondary N) is 2. The Morgan fingerprint density at radius 2 is 1.77 bits per heavy atom. The minimum atomic E-state index is -1.11. The summed E-state index contributed by atoms with van der Waals surface area (Å²) in [4.78, 5) is 39.5. The van der Waals surface area contributed by atoms with Crippen molar-refractivity contribution in [3.8, 4) is 5.75 Å².